The highest BCUT2D eigenvalue weighted by atomic mass is 32.1. The van der Waals surface area contributed by atoms with Gasteiger partial charge in [0, 0.05) is 17.8 Å². The Balaban J connectivity index is 2.23. The van der Waals surface area contributed by atoms with Gasteiger partial charge < -0.3 is 4.98 Å². The summed E-state index contributed by atoms with van der Waals surface area (Å²) in [5.41, 5.74) is 2.98. The molecule has 3 aromatic rings. The van der Waals surface area contributed by atoms with E-state index in [0.29, 0.717) is 4.77 Å². The molecule has 0 spiro atoms. The van der Waals surface area contributed by atoms with Crippen LogP contribution in [0.25, 0.3) is 11.2 Å². The minimum Gasteiger partial charge on any atom is -0.329 e. The van der Waals surface area contributed by atoms with Crippen LogP contribution in [-0.4, -0.2) is 19.5 Å². The van der Waals surface area contributed by atoms with Crippen LogP contribution in [0.2, 0.25) is 0 Å². The van der Waals surface area contributed by atoms with Gasteiger partial charge in [-0.2, -0.15) is 0 Å². The Morgan fingerprint density at radius 1 is 1.44 bits per heavy atom. The van der Waals surface area contributed by atoms with Crippen molar-refractivity contribution < 1.29 is 0 Å². The Bertz CT molecular complexity index is 739. The molecule has 3 aromatic heterocycles. The lowest BCUT2D eigenvalue weighted by Gasteiger charge is -2.10. The number of rotatable bonds is 2. The second kappa shape index (κ2) is 4.29. The van der Waals surface area contributed by atoms with Crippen LogP contribution in [-0.2, 0) is 0 Å². The highest BCUT2D eigenvalue weighted by Crippen LogP contribution is 2.24. The molecule has 18 heavy (non-hydrogen) atoms. The van der Waals surface area contributed by atoms with Crippen molar-refractivity contribution in [3.63, 3.8) is 0 Å². The van der Waals surface area contributed by atoms with Crippen molar-refractivity contribution in [2.75, 3.05) is 0 Å². The van der Waals surface area contributed by atoms with Gasteiger partial charge in [0.25, 0.3) is 0 Å². The number of fused-ring (bicyclic) bond motifs is 1. The number of nitrogens with one attached hydrogen (secondary N) is 1. The summed E-state index contributed by atoms with van der Waals surface area (Å²) in [6.45, 7) is 4.11. The highest BCUT2D eigenvalue weighted by Gasteiger charge is 2.15. The maximum atomic E-state index is 5.39. The number of hydrogen-bond acceptors (Lipinski definition) is 4. The lowest BCUT2D eigenvalue weighted by atomic mass is 10.3. The number of pyridine rings is 1. The fraction of sp³-hybridized carbons (Fsp3) is 0.250. The number of thiazole rings is 1. The van der Waals surface area contributed by atoms with E-state index in [2.05, 4.69) is 27.9 Å². The van der Waals surface area contributed by atoms with Crippen molar-refractivity contribution in [3.05, 3.63) is 39.2 Å². The van der Waals surface area contributed by atoms with Gasteiger partial charge >= 0.3 is 0 Å². The Hall–Kier alpha value is -1.53. The summed E-state index contributed by atoms with van der Waals surface area (Å²) in [6, 6.07) is 2.16. The van der Waals surface area contributed by atoms with Crippen LogP contribution in [0.1, 0.15) is 23.5 Å². The summed E-state index contributed by atoms with van der Waals surface area (Å²) in [5.74, 6) is 0. The van der Waals surface area contributed by atoms with Gasteiger partial charge in [-0.1, -0.05) is 0 Å². The van der Waals surface area contributed by atoms with E-state index < -0.39 is 0 Å². The predicted octanol–water partition coefficient (Wildman–Crippen LogP) is 3.47. The summed E-state index contributed by atoms with van der Waals surface area (Å²) in [5, 5.41) is 3.01. The van der Waals surface area contributed by atoms with Crippen LogP contribution in [0.3, 0.4) is 0 Å². The highest BCUT2D eigenvalue weighted by molar-refractivity contribution is 7.71. The number of nitrogens with zero attached hydrogens (tertiary/aromatic N) is 3. The fourth-order valence-electron chi connectivity index (χ4n) is 2.03. The van der Waals surface area contributed by atoms with Gasteiger partial charge in [-0.25, -0.2) is 9.97 Å². The van der Waals surface area contributed by atoms with E-state index >= 15 is 0 Å². The molecule has 1 unspecified atom stereocenters. The molecule has 0 aliphatic rings. The quantitative estimate of drug-likeness (QED) is 0.729. The third kappa shape index (κ3) is 1.77. The minimum absolute atomic E-state index is 0.0986. The Morgan fingerprint density at radius 3 is 3.00 bits per heavy atom. The number of aromatic amines is 1. The molecule has 6 heteroatoms. The standard InChI is InChI=1S/C12H12N4S2/c1-7-5-9-10(14-6-7)16(12(17)15-9)8(2)11-13-3-4-18-11/h3-6,8H,1-2H3,(H,15,17). The molecular formula is C12H12N4S2. The van der Waals surface area contributed by atoms with Crippen LogP contribution >= 0.6 is 23.6 Å². The van der Waals surface area contributed by atoms with Gasteiger partial charge in [0.05, 0.1) is 11.6 Å². The minimum atomic E-state index is 0.0986. The molecule has 0 aliphatic carbocycles. The number of aromatic nitrogens is 4. The van der Waals surface area contributed by atoms with Gasteiger partial charge in [-0.05, 0) is 37.7 Å². The second-order valence-electron chi connectivity index (χ2n) is 4.23. The Morgan fingerprint density at radius 2 is 2.28 bits per heavy atom. The van der Waals surface area contributed by atoms with E-state index in [0.717, 1.165) is 21.7 Å². The smallest absolute Gasteiger partial charge is 0.179 e. The monoisotopic (exact) mass is 276 g/mol. The first-order valence-corrected chi connectivity index (χ1v) is 6.92. The van der Waals surface area contributed by atoms with E-state index in [1.807, 2.05) is 29.3 Å². The van der Waals surface area contributed by atoms with Crippen LogP contribution < -0.4 is 0 Å². The molecule has 0 aliphatic heterocycles. The van der Waals surface area contributed by atoms with Gasteiger partial charge in [0.1, 0.15) is 5.01 Å². The zero-order valence-corrected chi connectivity index (χ0v) is 11.7. The van der Waals surface area contributed by atoms with E-state index in [-0.39, 0.29) is 6.04 Å². The van der Waals surface area contributed by atoms with Crippen molar-refractivity contribution in [1.29, 1.82) is 0 Å². The first-order valence-electron chi connectivity index (χ1n) is 5.63. The molecule has 4 nitrogen and oxygen atoms in total. The molecule has 0 aromatic carbocycles. The summed E-state index contributed by atoms with van der Waals surface area (Å²) >= 11 is 7.02. The predicted molar refractivity (Wildman–Crippen MR) is 75.6 cm³/mol. The first-order chi connectivity index (χ1) is 8.66. The number of aryl methyl sites for hydroxylation is 1. The molecular weight excluding hydrogens is 264 g/mol. The molecule has 92 valence electrons. The molecule has 0 radical (unpaired) electrons. The van der Waals surface area contributed by atoms with Crippen LogP contribution in [0.5, 0.6) is 0 Å². The molecule has 3 rings (SSSR count). The van der Waals surface area contributed by atoms with E-state index in [1.165, 1.54) is 0 Å². The molecule has 1 N–H and O–H groups in total. The SMILES string of the molecule is Cc1cnc2c(c1)[nH]c(=S)n2C(C)c1nccs1. The number of hydrogen-bond donors (Lipinski definition) is 1. The Labute approximate surface area is 113 Å². The van der Waals surface area contributed by atoms with E-state index in [9.17, 15) is 0 Å². The maximum Gasteiger partial charge on any atom is 0.179 e. The molecule has 0 saturated carbocycles. The lowest BCUT2D eigenvalue weighted by Crippen LogP contribution is -2.07. The van der Waals surface area contributed by atoms with Crippen LogP contribution in [0, 0.1) is 11.7 Å². The summed E-state index contributed by atoms with van der Waals surface area (Å²) in [4.78, 5) is 12.0. The zero-order chi connectivity index (χ0) is 12.7. The van der Waals surface area contributed by atoms with E-state index in [4.69, 9.17) is 12.2 Å². The van der Waals surface area contributed by atoms with Gasteiger partial charge in [0.2, 0.25) is 0 Å². The number of imidazole rings is 1. The molecule has 1 atom stereocenters. The third-order valence-electron chi connectivity index (χ3n) is 2.89. The largest absolute Gasteiger partial charge is 0.329 e. The van der Waals surface area contributed by atoms with E-state index in [1.54, 1.807) is 11.3 Å². The molecule has 0 amide bonds. The van der Waals surface area contributed by atoms with Gasteiger partial charge in [-0.15, -0.1) is 11.3 Å². The normalized spacial score (nSPS) is 13.0. The van der Waals surface area contributed by atoms with Crippen molar-refractivity contribution in [1.82, 2.24) is 19.5 Å². The van der Waals surface area contributed by atoms with Crippen molar-refractivity contribution >= 4 is 34.7 Å². The molecule has 3 heterocycles. The zero-order valence-electron chi connectivity index (χ0n) is 10.0. The van der Waals surface area contributed by atoms with Crippen LogP contribution in [0.4, 0.5) is 0 Å². The maximum absolute atomic E-state index is 5.39. The molecule has 0 fully saturated rings. The molecule has 0 bridgehead atoms. The summed E-state index contributed by atoms with van der Waals surface area (Å²) < 4.78 is 2.70. The number of H-pyrrole nitrogens is 1. The second-order valence-corrected chi connectivity index (χ2v) is 5.54. The average Bonchev–Trinajstić information content (AvgIpc) is 2.94. The third-order valence-corrected chi connectivity index (χ3v) is 4.13. The van der Waals surface area contributed by atoms with Gasteiger partial charge in [0.15, 0.2) is 10.4 Å². The van der Waals surface area contributed by atoms with Crippen molar-refractivity contribution in [3.8, 4) is 0 Å². The van der Waals surface area contributed by atoms with Crippen LogP contribution in [0.15, 0.2) is 23.8 Å². The summed E-state index contributed by atoms with van der Waals surface area (Å²) in [7, 11) is 0. The first kappa shape index (κ1) is 11.6. The fourth-order valence-corrected chi connectivity index (χ4v) is 3.07. The van der Waals surface area contributed by atoms with Gasteiger partial charge in [-0.3, -0.25) is 4.57 Å². The topological polar surface area (TPSA) is 46.5 Å². The molecule has 0 saturated heterocycles. The average molecular weight is 276 g/mol. The Kier molecular flexibility index (Phi) is 2.76. The van der Waals surface area contributed by atoms with Crippen molar-refractivity contribution in [2.24, 2.45) is 0 Å². The van der Waals surface area contributed by atoms with Crippen molar-refractivity contribution in [2.45, 2.75) is 19.9 Å². The summed E-state index contributed by atoms with van der Waals surface area (Å²) in [6.07, 6.45) is 3.67. The lowest BCUT2D eigenvalue weighted by molar-refractivity contribution is 0.639.